The van der Waals surface area contributed by atoms with Gasteiger partial charge in [-0.2, -0.15) is 4.98 Å². The number of thiophene rings is 1. The van der Waals surface area contributed by atoms with Crippen molar-refractivity contribution in [2.75, 3.05) is 7.05 Å². The van der Waals surface area contributed by atoms with Gasteiger partial charge in [-0.05, 0) is 25.4 Å². The molecule has 0 radical (unpaired) electrons. The second kappa shape index (κ2) is 5.74. The fourth-order valence-corrected chi connectivity index (χ4v) is 2.69. The van der Waals surface area contributed by atoms with Gasteiger partial charge in [0.05, 0.1) is 11.7 Å². The topological polar surface area (TPSA) is 85.8 Å². The Morgan fingerprint density at radius 2 is 2.38 bits per heavy atom. The second-order valence-corrected chi connectivity index (χ2v) is 5.71. The van der Waals surface area contributed by atoms with Crippen molar-refractivity contribution in [3.05, 3.63) is 39.8 Å². The van der Waals surface area contributed by atoms with E-state index < -0.39 is 0 Å². The van der Waals surface area contributed by atoms with E-state index in [1.165, 1.54) is 22.2 Å². The number of nitrogens with one attached hydrogen (secondary N) is 1. The minimum atomic E-state index is -0.0930. The van der Waals surface area contributed by atoms with Crippen LogP contribution in [0.5, 0.6) is 0 Å². The lowest BCUT2D eigenvalue weighted by molar-refractivity contribution is 0.363. The fourth-order valence-electron chi connectivity index (χ4n) is 1.96. The third-order valence-electron chi connectivity index (χ3n) is 3.25. The summed E-state index contributed by atoms with van der Waals surface area (Å²) in [6.07, 6.45) is 2.19. The molecule has 0 saturated carbocycles. The Morgan fingerprint density at radius 1 is 1.52 bits per heavy atom. The summed E-state index contributed by atoms with van der Waals surface area (Å²) in [7, 11) is 1.88. The molecule has 3 aromatic rings. The Balaban J connectivity index is 1.82. The van der Waals surface area contributed by atoms with Crippen molar-refractivity contribution >= 4 is 21.6 Å². The van der Waals surface area contributed by atoms with E-state index in [0.29, 0.717) is 23.5 Å². The molecule has 0 saturated heterocycles. The number of hydrogen-bond acceptors (Lipinski definition) is 7. The zero-order chi connectivity index (χ0) is 14.8. The highest BCUT2D eigenvalue weighted by Crippen LogP contribution is 2.13. The first kappa shape index (κ1) is 13.9. The van der Waals surface area contributed by atoms with Crippen LogP contribution in [0.25, 0.3) is 10.2 Å². The molecular weight excluding hydrogens is 290 g/mol. The molecule has 21 heavy (non-hydrogen) atoms. The molecule has 0 aliphatic carbocycles. The summed E-state index contributed by atoms with van der Waals surface area (Å²) < 4.78 is 6.67. The van der Waals surface area contributed by atoms with Crippen LogP contribution in [0.2, 0.25) is 0 Å². The van der Waals surface area contributed by atoms with Gasteiger partial charge in [0.15, 0.2) is 5.82 Å². The minimum absolute atomic E-state index is 0.0930. The maximum absolute atomic E-state index is 12.3. The van der Waals surface area contributed by atoms with Gasteiger partial charge in [0.2, 0.25) is 5.89 Å². The molecule has 1 N–H and O–H groups in total. The lowest BCUT2D eigenvalue weighted by Crippen LogP contribution is -2.24. The molecule has 0 fully saturated rings. The van der Waals surface area contributed by atoms with Crippen LogP contribution in [0.3, 0.4) is 0 Å². The molecular formula is C13H15N5O2S. The average molecular weight is 305 g/mol. The first-order chi connectivity index (χ1) is 10.2. The number of hydrogen-bond donors (Lipinski definition) is 1. The van der Waals surface area contributed by atoms with Crippen molar-refractivity contribution in [3.63, 3.8) is 0 Å². The molecule has 3 heterocycles. The molecule has 0 amide bonds. The first-order valence-electron chi connectivity index (χ1n) is 6.58. The molecule has 3 rings (SSSR count). The van der Waals surface area contributed by atoms with Crippen molar-refractivity contribution in [1.82, 2.24) is 25.0 Å². The molecule has 0 bridgehead atoms. The van der Waals surface area contributed by atoms with Crippen molar-refractivity contribution in [3.8, 4) is 0 Å². The van der Waals surface area contributed by atoms with Gasteiger partial charge < -0.3 is 9.84 Å². The molecule has 1 atom stereocenters. The third-order valence-corrected chi connectivity index (χ3v) is 4.07. The molecule has 0 spiro atoms. The minimum Gasteiger partial charge on any atom is -0.337 e. The number of aromatic nitrogens is 4. The van der Waals surface area contributed by atoms with Crippen LogP contribution in [-0.2, 0) is 13.0 Å². The molecule has 1 unspecified atom stereocenters. The summed E-state index contributed by atoms with van der Waals surface area (Å²) in [5.41, 5.74) is -0.0930. The van der Waals surface area contributed by atoms with Crippen molar-refractivity contribution in [2.24, 2.45) is 0 Å². The monoisotopic (exact) mass is 305 g/mol. The molecule has 7 nitrogen and oxygen atoms in total. The molecule has 3 aromatic heterocycles. The van der Waals surface area contributed by atoms with E-state index in [1.54, 1.807) is 6.07 Å². The Bertz CT molecular complexity index is 806. The van der Waals surface area contributed by atoms with E-state index in [-0.39, 0.29) is 18.1 Å². The summed E-state index contributed by atoms with van der Waals surface area (Å²) in [6, 6.07) is 2.04. The number of likely N-dealkylation sites (N-methyl/N-ethyl adjacent to an activating group) is 1. The molecule has 8 heteroatoms. The maximum atomic E-state index is 12.3. The summed E-state index contributed by atoms with van der Waals surface area (Å²) in [6.45, 7) is 2.27. The molecule has 0 aromatic carbocycles. The SMILES string of the molecule is CNC(C)Cc1noc(Cn2cnc3sccc3c2=O)n1. The standard InChI is InChI=1S/C13H15N5O2S/c1-8(14-2)5-10-16-11(20-17-10)6-18-7-15-12-9(13(18)19)3-4-21-12/h3-4,7-8,14H,5-6H2,1-2H3. The second-order valence-electron chi connectivity index (χ2n) is 4.82. The van der Waals surface area contributed by atoms with Gasteiger partial charge in [-0.3, -0.25) is 9.36 Å². The third kappa shape index (κ3) is 2.86. The fraction of sp³-hybridized carbons (Fsp3) is 0.385. The average Bonchev–Trinajstić information content (AvgIpc) is 3.11. The molecule has 110 valence electrons. The van der Waals surface area contributed by atoms with Crippen LogP contribution in [-0.4, -0.2) is 32.8 Å². The number of rotatable bonds is 5. The highest BCUT2D eigenvalue weighted by molar-refractivity contribution is 7.16. The zero-order valence-electron chi connectivity index (χ0n) is 11.7. The lowest BCUT2D eigenvalue weighted by atomic mass is 10.2. The van der Waals surface area contributed by atoms with Crippen molar-refractivity contribution in [1.29, 1.82) is 0 Å². The first-order valence-corrected chi connectivity index (χ1v) is 7.46. The van der Waals surface area contributed by atoms with Gasteiger partial charge in [0, 0.05) is 12.5 Å². The smallest absolute Gasteiger partial charge is 0.262 e. The van der Waals surface area contributed by atoms with Crippen LogP contribution in [0.1, 0.15) is 18.6 Å². The Morgan fingerprint density at radius 3 is 3.19 bits per heavy atom. The van der Waals surface area contributed by atoms with Crippen LogP contribution < -0.4 is 10.9 Å². The van der Waals surface area contributed by atoms with Gasteiger partial charge in [-0.15, -0.1) is 11.3 Å². The van der Waals surface area contributed by atoms with Crippen LogP contribution >= 0.6 is 11.3 Å². The van der Waals surface area contributed by atoms with E-state index in [2.05, 4.69) is 20.4 Å². The Labute approximate surface area is 124 Å². The van der Waals surface area contributed by atoms with E-state index in [1.807, 2.05) is 19.4 Å². The van der Waals surface area contributed by atoms with Gasteiger partial charge in [-0.1, -0.05) is 5.16 Å². The molecule has 0 aliphatic heterocycles. The normalized spacial score (nSPS) is 12.9. The Kier molecular flexibility index (Phi) is 3.80. The van der Waals surface area contributed by atoms with Crippen LogP contribution in [0.15, 0.2) is 27.1 Å². The van der Waals surface area contributed by atoms with Crippen LogP contribution in [0, 0.1) is 0 Å². The molecule has 0 aliphatic rings. The van der Waals surface area contributed by atoms with Crippen molar-refractivity contribution in [2.45, 2.75) is 25.9 Å². The highest BCUT2D eigenvalue weighted by Gasteiger charge is 2.12. The van der Waals surface area contributed by atoms with Gasteiger partial charge in [0.1, 0.15) is 11.4 Å². The van der Waals surface area contributed by atoms with E-state index in [4.69, 9.17) is 4.52 Å². The summed E-state index contributed by atoms with van der Waals surface area (Å²) >= 11 is 1.45. The predicted molar refractivity (Wildman–Crippen MR) is 79.5 cm³/mol. The largest absolute Gasteiger partial charge is 0.337 e. The van der Waals surface area contributed by atoms with Gasteiger partial charge >= 0.3 is 0 Å². The lowest BCUT2D eigenvalue weighted by Gasteiger charge is -2.04. The van der Waals surface area contributed by atoms with E-state index in [9.17, 15) is 4.79 Å². The number of nitrogens with zero attached hydrogens (tertiary/aromatic N) is 4. The van der Waals surface area contributed by atoms with Gasteiger partial charge in [-0.25, -0.2) is 4.98 Å². The van der Waals surface area contributed by atoms with Gasteiger partial charge in [0.25, 0.3) is 5.56 Å². The van der Waals surface area contributed by atoms with E-state index >= 15 is 0 Å². The van der Waals surface area contributed by atoms with E-state index in [0.717, 1.165) is 4.83 Å². The summed E-state index contributed by atoms with van der Waals surface area (Å²) in [5, 5.41) is 9.51. The highest BCUT2D eigenvalue weighted by atomic mass is 32.1. The number of fused-ring (bicyclic) bond motifs is 1. The maximum Gasteiger partial charge on any atom is 0.262 e. The quantitative estimate of drug-likeness (QED) is 0.758. The zero-order valence-corrected chi connectivity index (χ0v) is 12.6. The van der Waals surface area contributed by atoms with Crippen molar-refractivity contribution < 1.29 is 4.52 Å². The Hall–Kier alpha value is -2.06. The summed E-state index contributed by atoms with van der Waals surface area (Å²) in [5.74, 6) is 1.04. The van der Waals surface area contributed by atoms with Crippen LogP contribution in [0.4, 0.5) is 0 Å². The summed E-state index contributed by atoms with van der Waals surface area (Å²) in [4.78, 5) is 21.5. The predicted octanol–water partition coefficient (Wildman–Crippen LogP) is 1.04.